The summed E-state index contributed by atoms with van der Waals surface area (Å²) in [5, 5.41) is 0. The number of amides is 1. The van der Waals surface area contributed by atoms with E-state index < -0.39 is 0 Å². The maximum atomic E-state index is 12.6. The smallest absolute Gasteiger partial charge is 0.258 e. The van der Waals surface area contributed by atoms with Crippen LogP contribution in [0.15, 0.2) is 42.5 Å². The molecule has 108 valence electrons. The van der Waals surface area contributed by atoms with Crippen molar-refractivity contribution in [2.75, 3.05) is 23.8 Å². The number of nitrogen functional groups attached to an aromatic ring is 1. The van der Waals surface area contributed by atoms with Gasteiger partial charge in [0.2, 0.25) is 0 Å². The minimum Gasteiger partial charge on any atom is -0.494 e. The number of hydrogen-bond donors (Lipinski definition) is 1. The Kier molecular flexibility index (Phi) is 3.52. The summed E-state index contributed by atoms with van der Waals surface area (Å²) in [5.41, 5.74) is 9.30. The zero-order valence-electron chi connectivity index (χ0n) is 12.0. The lowest BCUT2D eigenvalue weighted by Gasteiger charge is -2.17. The molecule has 2 N–H and O–H groups in total. The van der Waals surface area contributed by atoms with E-state index in [9.17, 15) is 4.79 Å². The third-order valence-electron chi connectivity index (χ3n) is 3.66. The normalized spacial score (nSPS) is 13.1. The Hall–Kier alpha value is -2.49. The molecule has 3 rings (SSSR count). The molecule has 21 heavy (non-hydrogen) atoms. The molecule has 4 heteroatoms. The van der Waals surface area contributed by atoms with Crippen molar-refractivity contribution >= 4 is 17.3 Å². The Bertz CT molecular complexity index is 665. The largest absolute Gasteiger partial charge is 0.494 e. The highest BCUT2D eigenvalue weighted by Crippen LogP contribution is 2.31. The third kappa shape index (κ3) is 2.57. The van der Waals surface area contributed by atoms with Crippen LogP contribution in [-0.2, 0) is 6.42 Å². The fraction of sp³-hybridized carbons (Fsp3) is 0.235. The maximum Gasteiger partial charge on any atom is 0.258 e. The summed E-state index contributed by atoms with van der Waals surface area (Å²) in [4.78, 5) is 14.4. The first kappa shape index (κ1) is 13.5. The zero-order chi connectivity index (χ0) is 14.8. The Morgan fingerprint density at radius 1 is 1.24 bits per heavy atom. The number of hydrogen-bond acceptors (Lipinski definition) is 3. The SMILES string of the molecule is CCOc1ccc(C(=O)N2CCc3cc(N)ccc32)cc1. The maximum absolute atomic E-state index is 12.6. The van der Waals surface area contributed by atoms with Gasteiger partial charge >= 0.3 is 0 Å². The van der Waals surface area contributed by atoms with E-state index in [1.54, 1.807) is 0 Å². The van der Waals surface area contributed by atoms with Gasteiger partial charge in [-0.05, 0) is 61.4 Å². The number of rotatable bonds is 3. The van der Waals surface area contributed by atoms with Crippen LogP contribution in [0.1, 0.15) is 22.8 Å². The second kappa shape index (κ2) is 5.48. The van der Waals surface area contributed by atoms with Crippen LogP contribution in [0, 0.1) is 0 Å². The summed E-state index contributed by atoms with van der Waals surface area (Å²) in [6.07, 6.45) is 0.850. The summed E-state index contributed by atoms with van der Waals surface area (Å²) < 4.78 is 5.40. The van der Waals surface area contributed by atoms with Crippen LogP contribution in [0.25, 0.3) is 0 Å². The highest BCUT2D eigenvalue weighted by Gasteiger charge is 2.25. The summed E-state index contributed by atoms with van der Waals surface area (Å²) in [6, 6.07) is 13.0. The quantitative estimate of drug-likeness (QED) is 0.881. The topological polar surface area (TPSA) is 55.6 Å². The molecule has 1 amide bonds. The minimum atomic E-state index is 0.0153. The van der Waals surface area contributed by atoms with Crippen molar-refractivity contribution in [3.63, 3.8) is 0 Å². The van der Waals surface area contributed by atoms with Crippen LogP contribution in [0.5, 0.6) is 5.75 Å². The number of nitrogens with zero attached hydrogens (tertiary/aromatic N) is 1. The van der Waals surface area contributed by atoms with Gasteiger partial charge in [0, 0.05) is 23.5 Å². The number of ether oxygens (including phenoxy) is 1. The first-order valence-corrected chi connectivity index (χ1v) is 7.12. The summed E-state index contributed by atoms with van der Waals surface area (Å²) in [6.45, 7) is 3.25. The van der Waals surface area contributed by atoms with Crippen molar-refractivity contribution in [2.45, 2.75) is 13.3 Å². The summed E-state index contributed by atoms with van der Waals surface area (Å²) in [5.74, 6) is 0.796. The number of benzene rings is 2. The average molecular weight is 282 g/mol. The lowest BCUT2D eigenvalue weighted by molar-refractivity contribution is 0.0989. The van der Waals surface area contributed by atoms with Crippen molar-refractivity contribution in [2.24, 2.45) is 0 Å². The fourth-order valence-corrected chi connectivity index (χ4v) is 2.65. The van der Waals surface area contributed by atoms with Gasteiger partial charge in [-0.2, -0.15) is 0 Å². The van der Waals surface area contributed by atoms with Crippen molar-refractivity contribution in [3.05, 3.63) is 53.6 Å². The molecule has 0 atom stereocenters. The molecule has 0 spiro atoms. The lowest BCUT2D eigenvalue weighted by atomic mass is 10.1. The number of nitrogens with two attached hydrogens (primary N) is 1. The van der Waals surface area contributed by atoms with Crippen LogP contribution in [0.2, 0.25) is 0 Å². The van der Waals surface area contributed by atoms with Crippen LogP contribution < -0.4 is 15.4 Å². The first-order valence-electron chi connectivity index (χ1n) is 7.12. The molecule has 2 aromatic rings. The van der Waals surface area contributed by atoms with E-state index in [2.05, 4.69) is 0 Å². The van der Waals surface area contributed by atoms with Gasteiger partial charge in [-0.25, -0.2) is 0 Å². The first-order chi connectivity index (χ1) is 10.2. The van der Waals surface area contributed by atoms with Gasteiger partial charge in [0.25, 0.3) is 5.91 Å². The zero-order valence-corrected chi connectivity index (χ0v) is 12.0. The van der Waals surface area contributed by atoms with Gasteiger partial charge in [-0.3, -0.25) is 4.79 Å². The van der Waals surface area contributed by atoms with Gasteiger partial charge in [0.05, 0.1) is 6.61 Å². The fourth-order valence-electron chi connectivity index (χ4n) is 2.65. The number of anilines is 2. The van der Waals surface area contributed by atoms with Crippen molar-refractivity contribution in [1.29, 1.82) is 0 Å². The van der Waals surface area contributed by atoms with Gasteiger partial charge < -0.3 is 15.4 Å². The molecule has 2 aromatic carbocycles. The van der Waals surface area contributed by atoms with Gasteiger partial charge in [0.1, 0.15) is 5.75 Å². The van der Waals surface area contributed by atoms with E-state index in [4.69, 9.17) is 10.5 Å². The molecule has 0 aromatic heterocycles. The molecule has 0 bridgehead atoms. The van der Waals surface area contributed by atoms with Crippen LogP contribution in [0.4, 0.5) is 11.4 Å². The molecule has 0 unspecified atom stereocenters. The second-order valence-corrected chi connectivity index (χ2v) is 5.05. The molecule has 0 saturated heterocycles. The number of carbonyl (C=O) groups excluding carboxylic acids is 1. The highest BCUT2D eigenvalue weighted by molar-refractivity contribution is 6.07. The molecule has 1 heterocycles. The lowest BCUT2D eigenvalue weighted by Crippen LogP contribution is -2.28. The van der Waals surface area contributed by atoms with Crippen molar-refractivity contribution < 1.29 is 9.53 Å². The van der Waals surface area contributed by atoms with E-state index in [0.717, 1.165) is 29.1 Å². The molecule has 1 aliphatic heterocycles. The predicted octanol–water partition coefficient (Wildman–Crippen LogP) is 2.87. The molecular formula is C17H18N2O2. The number of fused-ring (bicyclic) bond motifs is 1. The van der Waals surface area contributed by atoms with Gasteiger partial charge in [-0.15, -0.1) is 0 Å². The van der Waals surface area contributed by atoms with E-state index >= 15 is 0 Å². The summed E-state index contributed by atoms with van der Waals surface area (Å²) >= 11 is 0. The average Bonchev–Trinajstić information content (AvgIpc) is 2.90. The molecule has 4 nitrogen and oxygen atoms in total. The molecular weight excluding hydrogens is 264 g/mol. The standard InChI is InChI=1S/C17H18N2O2/c1-2-21-15-6-3-12(4-7-15)17(20)19-10-9-13-11-14(18)5-8-16(13)19/h3-8,11H,2,9-10,18H2,1H3. The van der Waals surface area contributed by atoms with E-state index in [-0.39, 0.29) is 5.91 Å². The molecule has 0 saturated carbocycles. The third-order valence-corrected chi connectivity index (χ3v) is 3.66. The van der Waals surface area contributed by atoms with Crippen LogP contribution in [-0.4, -0.2) is 19.1 Å². The Morgan fingerprint density at radius 2 is 2.00 bits per heavy atom. The predicted molar refractivity (Wildman–Crippen MR) is 83.8 cm³/mol. The van der Waals surface area contributed by atoms with Crippen molar-refractivity contribution in [1.82, 2.24) is 0 Å². The summed E-state index contributed by atoms with van der Waals surface area (Å²) in [7, 11) is 0. The van der Waals surface area contributed by atoms with Crippen LogP contribution >= 0.6 is 0 Å². The molecule has 1 aliphatic rings. The Morgan fingerprint density at radius 3 is 2.71 bits per heavy atom. The Balaban J connectivity index is 1.84. The van der Waals surface area contributed by atoms with Crippen molar-refractivity contribution in [3.8, 4) is 5.75 Å². The molecule has 0 radical (unpaired) electrons. The minimum absolute atomic E-state index is 0.0153. The van der Waals surface area contributed by atoms with Crippen LogP contribution in [0.3, 0.4) is 0 Å². The van der Waals surface area contributed by atoms with Gasteiger partial charge in [-0.1, -0.05) is 0 Å². The van der Waals surface area contributed by atoms with E-state index in [1.807, 2.05) is 54.3 Å². The highest BCUT2D eigenvalue weighted by atomic mass is 16.5. The molecule has 0 fully saturated rings. The Labute approximate surface area is 124 Å². The van der Waals surface area contributed by atoms with E-state index in [1.165, 1.54) is 0 Å². The second-order valence-electron chi connectivity index (χ2n) is 5.05. The van der Waals surface area contributed by atoms with Gasteiger partial charge in [0.15, 0.2) is 0 Å². The monoisotopic (exact) mass is 282 g/mol. The van der Waals surface area contributed by atoms with E-state index in [0.29, 0.717) is 18.7 Å². The molecule has 0 aliphatic carbocycles. The number of carbonyl (C=O) groups is 1.